The number of nitrogens with zero attached hydrogens (tertiary/aromatic N) is 4. The number of pyridine rings is 1. The molecule has 4 rings (SSSR count). The number of carbonyl (C=O) groups excluding carboxylic acids is 2. The molecule has 0 bridgehead atoms. The summed E-state index contributed by atoms with van der Waals surface area (Å²) < 4.78 is 27.6. The van der Waals surface area contributed by atoms with Crippen LogP contribution in [-0.4, -0.2) is 57.9 Å². The summed E-state index contributed by atoms with van der Waals surface area (Å²) in [5.74, 6) is -1.11. The van der Waals surface area contributed by atoms with Gasteiger partial charge in [-0.1, -0.05) is 18.2 Å². The van der Waals surface area contributed by atoms with Gasteiger partial charge in [0.05, 0.1) is 13.7 Å². The molecule has 0 fully saturated rings. The maximum atomic E-state index is 13.9. The van der Waals surface area contributed by atoms with E-state index in [-0.39, 0.29) is 54.6 Å². The van der Waals surface area contributed by atoms with Crippen molar-refractivity contribution in [3.05, 3.63) is 81.3 Å². The third kappa shape index (κ3) is 4.57. The van der Waals surface area contributed by atoms with E-state index in [1.54, 1.807) is 42.4 Å². The van der Waals surface area contributed by atoms with Crippen molar-refractivity contribution < 1.29 is 23.5 Å². The van der Waals surface area contributed by atoms with Gasteiger partial charge in [-0.2, -0.15) is 5.10 Å². The van der Waals surface area contributed by atoms with Crippen LogP contribution < -0.4 is 10.3 Å². The Bertz CT molecular complexity index is 1280. The van der Waals surface area contributed by atoms with Crippen LogP contribution in [0.4, 0.5) is 4.39 Å². The van der Waals surface area contributed by atoms with Crippen LogP contribution in [0.25, 0.3) is 0 Å². The number of hydrogen-bond donors (Lipinski definition) is 0. The van der Waals surface area contributed by atoms with Crippen molar-refractivity contribution in [1.82, 2.24) is 19.2 Å². The first kappa shape index (κ1) is 23.2. The Hall–Kier alpha value is -3.95. The summed E-state index contributed by atoms with van der Waals surface area (Å²) in [6.45, 7) is 0.882. The molecule has 3 aromatic rings. The lowest BCUT2D eigenvalue weighted by molar-refractivity contribution is 0.0593. The number of benzene rings is 1. The molecule has 0 aliphatic carbocycles. The topological polar surface area (TPSA) is 95.7 Å². The molecule has 0 saturated carbocycles. The van der Waals surface area contributed by atoms with Gasteiger partial charge in [-0.05, 0) is 17.7 Å². The molecule has 1 amide bonds. The fourth-order valence-corrected chi connectivity index (χ4v) is 4.11. The molecule has 1 aliphatic heterocycles. The largest absolute Gasteiger partial charge is 0.492 e. The average Bonchev–Trinajstić information content (AvgIpc) is 3.13. The van der Waals surface area contributed by atoms with E-state index in [0.717, 1.165) is 0 Å². The summed E-state index contributed by atoms with van der Waals surface area (Å²) in [4.78, 5) is 40.2. The van der Waals surface area contributed by atoms with E-state index >= 15 is 0 Å². The van der Waals surface area contributed by atoms with Crippen molar-refractivity contribution in [2.75, 3.05) is 26.8 Å². The summed E-state index contributed by atoms with van der Waals surface area (Å²) in [5.41, 5.74) is 1.14. The molecule has 0 radical (unpaired) electrons. The fraction of sp³-hybridized carbons (Fsp3) is 0.333. The minimum absolute atomic E-state index is 0.0684. The van der Waals surface area contributed by atoms with Crippen molar-refractivity contribution >= 4 is 11.9 Å². The van der Waals surface area contributed by atoms with Crippen molar-refractivity contribution in [2.24, 2.45) is 7.05 Å². The number of halogens is 1. The van der Waals surface area contributed by atoms with E-state index in [0.29, 0.717) is 30.0 Å². The first-order valence-corrected chi connectivity index (χ1v) is 10.9. The Kier molecular flexibility index (Phi) is 6.76. The Morgan fingerprint density at radius 2 is 1.94 bits per heavy atom. The maximum absolute atomic E-state index is 13.9. The van der Waals surface area contributed by atoms with Gasteiger partial charge < -0.3 is 18.9 Å². The number of rotatable bonds is 6. The van der Waals surface area contributed by atoms with Crippen LogP contribution in [0.2, 0.25) is 0 Å². The van der Waals surface area contributed by atoms with Crippen LogP contribution in [0.3, 0.4) is 0 Å². The third-order valence-electron chi connectivity index (χ3n) is 5.90. The van der Waals surface area contributed by atoms with Gasteiger partial charge in [-0.3, -0.25) is 14.3 Å². The molecule has 3 heterocycles. The van der Waals surface area contributed by atoms with Gasteiger partial charge in [0, 0.05) is 57.5 Å². The fourth-order valence-electron chi connectivity index (χ4n) is 4.11. The zero-order valence-corrected chi connectivity index (χ0v) is 19.0. The summed E-state index contributed by atoms with van der Waals surface area (Å²) >= 11 is 0. The van der Waals surface area contributed by atoms with Gasteiger partial charge in [0.25, 0.3) is 11.5 Å². The molecule has 0 unspecified atom stereocenters. The Morgan fingerprint density at radius 3 is 2.65 bits per heavy atom. The lowest BCUT2D eigenvalue weighted by Crippen LogP contribution is -2.35. The molecule has 0 spiro atoms. The van der Waals surface area contributed by atoms with Gasteiger partial charge in [0.2, 0.25) is 0 Å². The van der Waals surface area contributed by atoms with E-state index in [2.05, 4.69) is 5.10 Å². The Balaban J connectivity index is 1.60. The predicted molar refractivity (Wildman–Crippen MR) is 120 cm³/mol. The predicted octanol–water partition coefficient (Wildman–Crippen LogP) is 1.83. The summed E-state index contributed by atoms with van der Waals surface area (Å²) in [6.07, 6.45) is 2.07. The van der Waals surface area contributed by atoms with Crippen molar-refractivity contribution in [3.63, 3.8) is 0 Å². The highest BCUT2D eigenvalue weighted by molar-refractivity contribution is 5.94. The van der Waals surface area contributed by atoms with Crippen LogP contribution in [0.5, 0.6) is 5.75 Å². The highest BCUT2D eigenvalue weighted by Crippen LogP contribution is 2.25. The molecular weight excluding hydrogens is 443 g/mol. The molecule has 34 heavy (non-hydrogen) atoms. The highest BCUT2D eigenvalue weighted by Gasteiger charge is 2.28. The van der Waals surface area contributed by atoms with Gasteiger partial charge in [-0.15, -0.1) is 0 Å². The van der Waals surface area contributed by atoms with Crippen LogP contribution in [0, 0.1) is 5.82 Å². The first-order valence-electron chi connectivity index (χ1n) is 10.9. The first-order chi connectivity index (χ1) is 16.4. The molecule has 0 N–H and O–H groups in total. The summed E-state index contributed by atoms with van der Waals surface area (Å²) in [5, 5.41) is 4.04. The number of carbonyl (C=O) groups is 2. The number of esters is 1. The van der Waals surface area contributed by atoms with Crippen molar-refractivity contribution in [3.8, 4) is 5.75 Å². The zero-order chi connectivity index (χ0) is 24.2. The third-order valence-corrected chi connectivity index (χ3v) is 5.90. The van der Waals surface area contributed by atoms with Gasteiger partial charge in [-0.25, -0.2) is 9.18 Å². The van der Waals surface area contributed by atoms with E-state index in [1.807, 2.05) is 0 Å². The molecule has 1 aliphatic rings. The minimum Gasteiger partial charge on any atom is -0.492 e. The molecular formula is C24H25FN4O5. The lowest BCUT2D eigenvalue weighted by Gasteiger charge is -2.19. The highest BCUT2D eigenvalue weighted by atomic mass is 19.1. The van der Waals surface area contributed by atoms with E-state index < -0.39 is 5.97 Å². The normalized spacial score (nSPS) is 13.2. The maximum Gasteiger partial charge on any atom is 0.343 e. The Labute approximate surface area is 195 Å². The number of fused-ring (bicyclic) bond motifs is 1. The lowest BCUT2D eigenvalue weighted by atomic mass is 10.1. The molecule has 2 aromatic heterocycles. The zero-order valence-electron chi connectivity index (χ0n) is 19.0. The van der Waals surface area contributed by atoms with E-state index in [1.165, 1.54) is 28.5 Å². The number of hydrogen-bond acceptors (Lipinski definition) is 6. The summed E-state index contributed by atoms with van der Waals surface area (Å²) in [6, 6.07) is 9.22. The second-order valence-electron chi connectivity index (χ2n) is 7.88. The standard InChI is InChI=1S/C24H25FN4O5/c1-27-19(7-10-26-27)23(31)28-11-8-18-22(24(32)33-2)20(15-21(30)29(18)13-12-28)34-14-9-16-5-3-4-6-17(16)25/h3-7,10,15H,8-9,11-14H2,1-2H3. The van der Waals surface area contributed by atoms with Crippen LogP contribution in [-0.2, 0) is 31.2 Å². The van der Waals surface area contributed by atoms with Gasteiger partial charge in [0.15, 0.2) is 0 Å². The molecule has 178 valence electrons. The monoisotopic (exact) mass is 468 g/mol. The van der Waals surface area contributed by atoms with Crippen LogP contribution in [0.1, 0.15) is 32.1 Å². The van der Waals surface area contributed by atoms with Gasteiger partial charge >= 0.3 is 5.97 Å². The molecule has 0 saturated heterocycles. The number of aromatic nitrogens is 3. The molecule has 0 atom stereocenters. The van der Waals surface area contributed by atoms with Crippen molar-refractivity contribution in [1.29, 1.82) is 0 Å². The van der Waals surface area contributed by atoms with E-state index in [9.17, 15) is 18.8 Å². The van der Waals surface area contributed by atoms with Crippen LogP contribution >= 0.6 is 0 Å². The quantitative estimate of drug-likeness (QED) is 0.513. The minimum atomic E-state index is -0.643. The van der Waals surface area contributed by atoms with Gasteiger partial charge in [0.1, 0.15) is 22.8 Å². The number of methoxy groups -OCH3 is 1. The second kappa shape index (κ2) is 9.90. The van der Waals surface area contributed by atoms with E-state index in [4.69, 9.17) is 9.47 Å². The second-order valence-corrected chi connectivity index (χ2v) is 7.88. The smallest absolute Gasteiger partial charge is 0.343 e. The number of ether oxygens (including phenoxy) is 2. The summed E-state index contributed by atoms with van der Waals surface area (Å²) in [7, 11) is 2.94. The molecule has 10 heteroatoms. The number of amides is 1. The van der Waals surface area contributed by atoms with Crippen LogP contribution in [0.15, 0.2) is 47.4 Å². The number of aryl methyl sites for hydroxylation is 1. The SMILES string of the molecule is COC(=O)c1c(OCCc2ccccc2F)cc(=O)n2c1CCN(C(=O)c1ccnn1C)CC2. The van der Waals surface area contributed by atoms with Crippen molar-refractivity contribution in [2.45, 2.75) is 19.4 Å². The Morgan fingerprint density at radius 1 is 1.15 bits per heavy atom. The molecule has 9 nitrogen and oxygen atoms in total. The average molecular weight is 468 g/mol. The molecule has 1 aromatic carbocycles.